The highest BCUT2D eigenvalue weighted by molar-refractivity contribution is 7.89. The molecule has 2 saturated heterocycles. The van der Waals surface area contributed by atoms with Crippen molar-refractivity contribution in [1.82, 2.24) is 19.4 Å². The van der Waals surface area contributed by atoms with Crippen LogP contribution in [0, 0.1) is 20.8 Å². The number of benzene rings is 1. The summed E-state index contributed by atoms with van der Waals surface area (Å²) in [5, 5.41) is 3.26. The van der Waals surface area contributed by atoms with Crippen molar-refractivity contribution in [2.45, 2.75) is 77.3 Å². The molecule has 0 aliphatic carbocycles. The molecule has 1 aromatic carbocycles. The van der Waals surface area contributed by atoms with Crippen molar-refractivity contribution in [2.75, 3.05) is 45.8 Å². The quantitative estimate of drug-likeness (QED) is 0.622. The molecule has 0 aromatic heterocycles. The highest BCUT2D eigenvalue weighted by Crippen LogP contribution is 2.26. The third kappa shape index (κ3) is 6.35. The summed E-state index contributed by atoms with van der Waals surface area (Å²) in [6.07, 6.45) is 3.74. The maximum atomic E-state index is 13.8. The van der Waals surface area contributed by atoms with E-state index in [2.05, 4.69) is 24.1 Å². The van der Waals surface area contributed by atoms with E-state index in [1.165, 1.54) is 6.42 Å². The van der Waals surface area contributed by atoms with Crippen molar-refractivity contribution in [2.24, 2.45) is 0 Å². The van der Waals surface area contributed by atoms with Crippen molar-refractivity contribution in [3.63, 3.8) is 0 Å². The first kappa shape index (κ1) is 26.1. The van der Waals surface area contributed by atoms with E-state index in [-0.39, 0.29) is 18.9 Å². The lowest BCUT2D eigenvalue weighted by atomic mass is 9.98. The summed E-state index contributed by atoms with van der Waals surface area (Å²) in [5.74, 6) is 0.0354. The van der Waals surface area contributed by atoms with Crippen LogP contribution in [0.5, 0.6) is 0 Å². The SMILES string of the molecule is Cc1cc(C)c(S(=O)(=O)N(CCC(=O)N2CCNCC2)CCN2[C@H](C)CCC[C@H]2C)cc1C. The van der Waals surface area contributed by atoms with Crippen LogP contribution >= 0.6 is 0 Å². The van der Waals surface area contributed by atoms with Gasteiger partial charge in [0.25, 0.3) is 0 Å². The summed E-state index contributed by atoms with van der Waals surface area (Å²) in [5.41, 5.74) is 2.81. The first-order valence-corrected chi connectivity index (χ1v) is 13.9. The summed E-state index contributed by atoms with van der Waals surface area (Å²) < 4.78 is 29.2. The molecule has 7 nitrogen and oxygen atoms in total. The predicted molar refractivity (Wildman–Crippen MR) is 133 cm³/mol. The van der Waals surface area contributed by atoms with Crippen molar-refractivity contribution in [1.29, 1.82) is 0 Å². The lowest BCUT2D eigenvalue weighted by Crippen LogP contribution is -2.49. The molecule has 8 heteroatoms. The van der Waals surface area contributed by atoms with Crippen molar-refractivity contribution in [3.8, 4) is 0 Å². The van der Waals surface area contributed by atoms with Gasteiger partial charge in [-0.15, -0.1) is 0 Å². The third-order valence-corrected chi connectivity index (χ3v) is 9.48. The highest BCUT2D eigenvalue weighted by Gasteiger charge is 2.31. The Kier molecular flexibility index (Phi) is 8.95. The largest absolute Gasteiger partial charge is 0.340 e. The second-order valence-electron chi connectivity index (χ2n) is 9.85. The second kappa shape index (κ2) is 11.3. The molecule has 33 heavy (non-hydrogen) atoms. The number of carbonyl (C=O) groups excluding carboxylic acids is 1. The molecule has 2 fully saturated rings. The zero-order valence-corrected chi connectivity index (χ0v) is 21.9. The fourth-order valence-corrected chi connectivity index (χ4v) is 6.86. The van der Waals surface area contributed by atoms with Crippen LogP contribution in [-0.2, 0) is 14.8 Å². The van der Waals surface area contributed by atoms with Gasteiger partial charge in [-0.2, -0.15) is 4.31 Å². The molecule has 0 radical (unpaired) electrons. The zero-order valence-electron chi connectivity index (χ0n) is 21.1. The average molecular weight is 479 g/mol. The van der Waals surface area contributed by atoms with Crippen LogP contribution in [0.4, 0.5) is 0 Å². The molecular weight excluding hydrogens is 436 g/mol. The van der Waals surface area contributed by atoms with Crippen LogP contribution in [-0.4, -0.2) is 86.3 Å². The molecule has 1 N–H and O–H groups in total. The summed E-state index contributed by atoms with van der Waals surface area (Å²) >= 11 is 0. The molecule has 0 spiro atoms. The summed E-state index contributed by atoms with van der Waals surface area (Å²) in [4.78, 5) is 17.4. The first-order chi connectivity index (χ1) is 15.6. The molecule has 1 amide bonds. The average Bonchev–Trinajstić information content (AvgIpc) is 2.78. The van der Waals surface area contributed by atoms with Gasteiger partial charge in [0.2, 0.25) is 15.9 Å². The molecule has 3 rings (SSSR count). The Bertz CT molecular complexity index is 918. The van der Waals surface area contributed by atoms with E-state index in [1.807, 2.05) is 31.7 Å². The molecular formula is C25H42N4O3S. The number of hydrogen-bond donors (Lipinski definition) is 1. The molecule has 2 heterocycles. The van der Waals surface area contributed by atoms with Crippen LogP contribution in [0.15, 0.2) is 17.0 Å². The number of aryl methyl sites for hydroxylation is 3. The number of piperazine rings is 1. The topological polar surface area (TPSA) is 73.0 Å². The van der Waals surface area contributed by atoms with Crippen LogP contribution in [0.25, 0.3) is 0 Å². The minimum Gasteiger partial charge on any atom is -0.340 e. The fraction of sp³-hybridized carbons (Fsp3) is 0.720. The van der Waals surface area contributed by atoms with Crippen molar-refractivity contribution >= 4 is 15.9 Å². The van der Waals surface area contributed by atoms with Crippen LogP contribution in [0.3, 0.4) is 0 Å². The van der Waals surface area contributed by atoms with Gasteiger partial charge in [-0.05, 0) is 70.2 Å². The number of piperidine rings is 1. The Balaban J connectivity index is 1.80. The molecule has 2 atom stereocenters. The number of hydrogen-bond acceptors (Lipinski definition) is 5. The smallest absolute Gasteiger partial charge is 0.243 e. The fourth-order valence-electron chi connectivity index (χ4n) is 5.14. The molecule has 2 aliphatic rings. The molecule has 0 bridgehead atoms. The number of sulfonamides is 1. The van der Waals surface area contributed by atoms with E-state index in [0.717, 1.165) is 42.6 Å². The Morgan fingerprint density at radius 3 is 2.24 bits per heavy atom. The lowest BCUT2D eigenvalue weighted by Gasteiger charge is -2.40. The number of amides is 1. The predicted octanol–water partition coefficient (Wildman–Crippen LogP) is 2.69. The second-order valence-corrected chi connectivity index (χ2v) is 11.8. The molecule has 0 saturated carbocycles. The number of likely N-dealkylation sites (tertiary alicyclic amines) is 1. The van der Waals surface area contributed by atoms with Gasteiger partial charge >= 0.3 is 0 Å². The van der Waals surface area contributed by atoms with Crippen LogP contribution < -0.4 is 5.32 Å². The minimum atomic E-state index is -3.71. The molecule has 186 valence electrons. The summed E-state index contributed by atoms with van der Waals surface area (Å²) in [7, 11) is -3.71. The molecule has 1 aromatic rings. The van der Waals surface area contributed by atoms with E-state index >= 15 is 0 Å². The van der Waals surface area contributed by atoms with Crippen molar-refractivity contribution < 1.29 is 13.2 Å². The maximum absolute atomic E-state index is 13.8. The Morgan fingerprint density at radius 2 is 1.61 bits per heavy atom. The normalized spacial score (nSPS) is 22.7. The van der Waals surface area contributed by atoms with Gasteiger partial charge in [0, 0.05) is 64.3 Å². The molecule has 2 aliphatic heterocycles. The van der Waals surface area contributed by atoms with Crippen LogP contribution in [0.2, 0.25) is 0 Å². The zero-order chi connectivity index (χ0) is 24.2. The maximum Gasteiger partial charge on any atom is 0.243 e. The van der Waals surface area contributed by atoms with Gasteiger partial charge < -0.3 is 10.2 Å². The van der Waals surface area contributed by atoms with E-state index in [0.29, 0.717) is 43.2 Å². The summed E-state index contributed by atoms with van der Waals surface area (Å²) in [6, 6.07) is 4.63. The first-order valence-electron chi connectivity index (χ1n) is 12.4. The Morgan fingerprint density at radius 1 is 1.00 bits per heavy atom. The van der Waals surface area contributed by atoms with Gasteiger partial charge in [0.15, 0.2) is 0 Å². The van der Waals surface area contributed by atoms with Gasteiger partial charge in [0.05, 0.1) is 4.90 Å². The summed E-state index contributed by atoms with van der Waals surface area (Å²) in [6.45, 7) is 14.5. The van der Waals surface area contributed by atoms with Crippen LogP contribution in [0.1, 0.15) is 56.2 Å². The van der Waals surface area contributed by atoms with Gasteiger partial charge in [-0.1, -0.05) is 12.5 Å². The standard InChI is InChI=1S/C25H42N4O3S/c1-19-17-21(3)24(18-20(19)2)33(31,32)28(12-9-25(30)27-13-10-26-11-14-27)15-16-29-22(4)7-6-8-23(29)5/h17-18,22-23,26H,6-16H2,1-5H3/t22-,23-/m1/s1. The van der Waals surface area contributed by atoms with E-state index in [9.17, 15) is 13.2 Å². The van der Waals surface area contributed by atoms with Gasteiger partial charge in [-0.3, -0.25) is 9.69 Å². The van der Waals surface area contributed by atoms with Gasteiger partial charge in [0.1, 0.15) is 0 Å². The number of nitrogens with zero attached hydrogens (tertiary/aromatic N) is 3. The highest BCUT2D eigenvalue weighted by atomic mass is 32.2. The number of nitrogens with one attached hydrogen (secondary N) is 1. The number of rotatable bonds is 8. The third-order valence-electron chi connectivity index (χ3n) is 7.44. The minimum absolute atomic E-state index is 0.0354. The van der Waals surface area contributed by atoms with Gasteiger partial charge in [-0.25, -0.2) is 8.42 Å². The van der Waals surface area contributed by atoms with Crippen molar-refractivity contribution in [3.05, 3.63) is 28.8 Å². The number of carbonyl (C=O) groups is 1. The Labute approximate surface area is 200 Å². The Hall–Kier alpha value is -1.48. The monoisotopic (exact) mass is 478 g/mol. The molecule has 0 unspecified atom stereocenters. The van der Waals surface area contributed by atoms with E-state index in [4.69, 9.17) is 0 Å². The lowest BCUT2D eigenvalue weighted by molar-refractivity contribution is -0.131. The van der Waals surface area contributed by atoms with E-state index in [1.54, 1.807) is 10.4 Å². The van der Waals surface area contributed by atoms with E-state index < -0.39 is 10.0 Å².